The van der Waals surface area contributed by atoms with Crippen LogP contribution in [0.15, 0.2) is 211 Å². The summed E-state index contributed by atoms with van der Waals surface area (Å²) in [6.07, 6.45) is 8.52. The fourth-order valence-electron chi connectivity index (χ4n) is 11.7. The third-order valence-corrected chi connectivity index (χ3v) is 14.9. The fourth-order valence-corrected chi connectivity index (χ4v) is 11.7. The summed E-state index contributed by atoms with van der Waals surface area (Å²) >= 11 is 0. The molecule has 6 nitrogen and oxygen atoms in total. The number of fused-ring (bicyclic) bond motifs is 16. The van der Waals surface area contributed by atoms with E-state index < -0.39 is 0 Å². The molecule has 4 heterocycles. The third kappa shape index (κ3) is 5.42. The lowest BCUT2D eigenvalue weighted by molar-refractivity contribution is 0.269. The molecule has 0 saturated carbocycles. The van der Waals surface area contributed by atoms with Crippen LogP contribution in [0.5, 0.6) is 5.75 Å². The van der Waals surface area contributed by atoms with Gasteiger partial charge in [0.05, 0.1) is 51.6 Å². The van der Waals surface area contributed by atoms with Gasteiger partial charge in [-0.3, -0.25) is 0 Å². The largest absolute Gasteiger partial charge is 0.485 e. The smallest absolute Gasteiger partial charge is 0.234 e. The van der Waals surface area contributed by atoms with Crippen molar-refractivity contribution in [2.45, 2.75) is 12.0 Å². The number of benzene rings is 10. The molecular weight excluding hydrogens is 857 g/mol. The van der Waals surface area contributed by atoms with Crippen molar-refractivity contribution in [3.8, 4) is 45.4 Å². The molecule has 15 rings (SSSR count). The first kappa shape index (κ1) is 38.5. The first-order valence-corrected chi connectivity index (χ1v) is 23.6. The molecule has 324 valence electrons. The number of allylic oxidation sites excluding steroid dienone is 2. The van der Waals surface area contributed by atoms with Gasteiger partial charge in [-0.25, -0.2) is 4.85 Å². The van der Waals surface area contributed by atoms with Gasteiger partial charge in [0.15, 0.2) is 0 Å². The van der Waals surface area contributed by atoms with Gasteiger partial charge in [-0.1, -0.05) is 127 Å². The van der Waals surface area contributed by atoms with Gasteiger partial charge in [0.25, 0.3) is 0 Å². The van der Waals surface area contributed by atoms with Crippen molar-refractivity contribution in [2.24, 2.45) is 0 Å². The van der Waals surface area contributed by atoms with Gasteiger partial charge >= 0.3 is 0 Å². The molecule has 0 amide bonds. The second-order valence-corrected chi connectivity index (χ2v) is 18.5. The molecule has 10 aromatic carbocycles. The van der Waals surface area contributed by atoms with Crippen LogP contribution < -0.4 is 4.74 Å². The van der Waals surface area contributed by atoms with E-state index in [9.17, 15) is 5.26 Å². The van der Waals surface area contributed by atoms with E-state index in [0.29, 0.717) is 22.6 Å². The van der Waals surface area contributed by atoms with Crippen LogP contribution in [0.1, 0.15) is 17.0 Å². The first-order valence-electron chi connectivity index (χ1n) is 23.6. The molecule has 0 N–H and O–H groups in total. The number of hydrogen-bond acceptors (Lipinski definition) is 3. The molecule has 2 atom stereocenters. The molecule has 0 bridgehead atoms. The standard InChI is InChI=1S/C64H36N4O2/c1-66-64-56(67-52-26-22-40(32-50(52)62-44-12-4-2-10-38(44)20-28-54(62)67)42-18-24-48-46-14-6-8-16-58(46)69-60(48)34-42)30-37(36-65)31-57(64)68-53-27-23-41(33-51(53)63-45-13-5-3-11-39(45)21-29-55(63)68)43-19-25-49-47-15-7-9-17-59(47)70-61(49)35-43/h2-35,46,58H. The van der Waals surface area contributed by atoms with E-state index in [1.54, 1.807) is 0 Å². The molecule has 0 fully saturated rings. The zero-order valence-corrected chi connectivity index (χ0v) is 37.4. The second kappa shape index (κ2) is 14.4. The van der Waals surface area contributed by atoms with E-state index in [4.69, 9.17) is 15.7 Å². The lowest BCUT2D eigenvalue weighted by atomic mass is 9.91. The lowest BCUT2D eigenvalue weighted by Crippen LogP contribution is -2.15. The average molecular weight is 893 g/mol. The summed E-state index contributed by atoms with van der Waals surface area (Å²) in [4.78, 5) is 4.42. The van der Waals surface area contributed by atoms with Crippen molar-refractivity contribution < 1.29 is 9.15 Å². The molecule has 3 aromatic heterocycles. The van der Waals surface area contributed by atoms with Crippen molar-refractivity contribution in [1.29, 1.82) is 5.26 Å². The zero-order valence-electron chi connectivity index (χ0n) is 37.4. The Morgan fingerprint density at radius 2 is 1.03 bits per heavy atom. The molecule has 0 spiro atoms. The zero-order chi connectivity index (χ0) is 46.2. The molecular formula is C64H36N4O2. The molecule has 2 unspecified atom stereocenters. The summed E-state index contributed by atoms with van der Waals surface area (Å²) in [5, 5.41) is 21.8. The minimum atomic E-state index is 0.0111. The molecule has 70 heavy (non-hydrogen) atoms. The second-order valence-electron chi connectivity index (χ2n) is 18.5. The number of para-hydroxylation sites is 1. The van der Waals surface area contributed by atoms with E-state index >= 15 is 0 Å². The number of nitrogens with zero attached hydrogens (tertiary/aromatic N) is 4. The summed E-state index contributed by atoms with van der Waals surface area (Å²) in [6.45, 7) is 9.06. The van der Waals surface area contributed by atoms with Crippen LogP contribution in [0.2, 0.25) is 0 Å². The van der Waals surface area contributed by atoms with Gasteiger partial charge in [0, 0.05) is 43.8 Å². The Morgan fingerprint density at radius 1 is 0.486 bits per heavy atom. The predicted octanol–water partition coefficient (Wildman–Crippen LogP) is 16.8. The Kier molecular flexibility index (Phi) is 7.94. The number of nitriles is 1. The maximum Gasteiger partial charge on any atom is 0.234 e. The number of furan rings is 1. The summed E-state index contributed by atoms with van der Waals surface area (Å²) in [7, 11) is 0. The minimum absolute atomic E-state index is 0.0111. The van der Waals surface area contributed by atoms with Crippen LogP contribution in [-0.4, -0.2) is 15.2 Å². The van der Waals surface area contributed by atoms with E-state index in [0.717, 1.165) is 115 Å². The number of hydrogen-bond donors (Lipinski definition) is 0. The van der Waals surface area contributed by atoms with E-state index in [-0.39, 0.29) is 12.0 Å². The highest BCUT2D eigenvalue weighted by molar-refractivity contribution is 6.24. The number of ether oxygens (including phenoxy) is 1. The monoisotopic (exact) mass is 892 g/mol. The molecule has 1 aliphatic heterocycles. The Hall–Kier alpha value is -9.62. The van der Waals surface area contributed by atoms with E-state index in [1.807, 2.05) is 30.3 Å². The Morgan fingerprint density at radius 3 is 1.69 bits per heavy atom. The molecule has 6 heteroatoms. The fraction of sp³-hybridized carbons (Fsp3) is 0.0312. The summed E-state index contributed by atoms with van der Waals surface area (Å²) in [6, 6.07) is 66.2. The molecule has 0 radical (unpaired) electrons. The Bertz CT molecular complexity index is 4620. The summed E-state index contributed by atoms with van der Waals surface area (Å²) in [5.74, 6) is 1.13. The maximum atomic E-state index is 10.9. The van der Waals surface area contributed by atoms with Crippen molar-refractivity contribution in [3.63, 3.8) is 0 Å². The topological polar surface area (TPSA) is 60.4 Å². The highest BCUT2D eigenvalue weighted by atomic mass is 16.5. The van der Waals surface area contributed by atoms with Crippen LogP contribution >= 0.6 is 0 Å². The lowest BCUT2D eigenvalue weighted by Gasteiger charge is -2.17. The summed E-state index contributed by atoms with van der Waals surface area (Å²) < 4.78 is 17.2. The van der Waals surface area contributed by atoms with E-state index in [2.05, 4.69) is 196 Å². The van der Waals surface area contributed by atoms with Crippen molar-refractivity contribution in [3.05, 3.63) is 229 Å². The van der Waals surface area contributed by atoms with Gasteiger partial charge in [0.1, 0.15) is 23.0 Å². The minimum Gasteiger partial charge on any atom is -0.485 e. The molecule has 13 aromatic rings. The van der Waals surface area contributed by atoms with Crippen molar-refractivity contribution in [2.75, 3.05) is 0 Å². The SMILES string of the molecule is [C-]#[N+]c1c(-n2c3ccc(-c4ccc5c(c4)OC4C=CC=CC54)cc3c3c4ccccc4ccc32)cc(C#N)cc1-n1c2ccc(-c3ccc4c(c3)oc3ccccc34)cc2c2c3ccccc3ccc21. The summed E-state index contributed by atoms with van der Waals surface area (Å²) in [5.41, 5.74) is 13.1. The molecule has 1 aliphatic carbocycles. The van der Waals surface area contributed by atoms with Gasteiger partial charge in [0.2, 0.25) is 5.69 Å². The first-order chi connectivity index (χ1) is 34.6. The Labute approximate surface area is 400 Å². The molecule has 0 saturated heterocycles. The van der Waals surface area contributed by atoms with Crippen LogP contribution in [0.4, 0.5) is 5.69 Å². The van der Waals surface area contributed by atoms with Crippen LogP contribution in [-0.2, 0) is 0 Å². The van der Waals surface area contributed by atoms with Crippen LogP contribution in [0.3, 0.4) is 0 Å². The third-order valence-electron chi connectivity index (χ3n) is 14.9. The normalized spacial score (nSPS) is 15.1. The van der Waals surface area contributed by atoms with Crippen LogP contribution in [0.25, 0.3) is 126 Å². The number of aromatic nitrogens is 2. The van der Waals surface area contributed by atoms with E-state index in [1.165, 1.54) is 5.56 Å². The van der Waals surface area contributed by atoms with Crippen LogP contribution in [0, 0.1) is 17.9 Å². The van der Waals surface area contributed by atoms with Gasteiger partial charge in [-0.05, 0) is 123 Å². The average Bonchev–Trinajstić information content (AvgIpc) is 4.17. The highest BCUT2D eigenvalue weighted by Crippen LogP contribution is 2.48. The van der Waals surface area contributed by atoms with Crippen molar-refractivity contribution in [1.82, 2.24) is 9.13 Å². The number of rotatable bonds is 4. The van der Waals surface area contributed by atoms with Crippen molar-refractivity contribution >= 4 is 92.8 Å². The van der Waals surface area contributed by atoms with Gasteiger partial charge in [-0.2, -0.15) is 5.26 Å². The molecule has 2 aliphatic rings. The Balaban J connectivity index is 0.967. The van der Waals surface area contributed by atoms with Gasteiger partial charge < -0.3 is 18.3 Å². The predicted molar refractivity (Wildman–Crippen MR) is 285 cm³/mol. The quantitative estimate of drug-likeness (QED) is 0.165. The maximum absolute atomic E-state index is 10.9. The highest BCUT2D eigenvalue weighted by Gasteiger charge is 2.32. The van der Waals surface area contributed by atoms with Gasteiger partial charge in [-0.15, -0.1) is 0 Å².